The number of esters is 2. The molecule has 5 rings (SSSR count). The lowest BCUT2D eigenvalue weighted by molar-refractivity contribution is -0.193. The molecule has 1 fully saturated rings. The fourth-order valence-electron chi connectivity index (χ4n) is 10.3. The number of carboxylic acids is 3. The number of benzene rings is 2. The molecule has 0 spiro atoms. The van der Waals surface area contributed by atoms with E-state index in [4.69, 9.17) is 29.3 Å². The Morgan fingerprint density at radius 1 is 0.670 bits per heavy atom. The van der Waals surface area contributed by atoms with Gasteiger partial charge in [0.25, 0.3) is 5.91 Å². The van der Waals surface area contributed by atoms with Crippen LogP contribution in [-0.2, 0) is 66.1 Å². The first kappa shape index (κ1) is 89.2. The van der Waals surface area contributed by atoms with Crippen molar-refractivity contribution in [1.82, 2.24) is 54.8 Å². The van der Waals surface area contributed by atoms with Gasteiger partial charge >= 0.3 is 42.2 Å². The minimum Gasteiger partial charge on any atom is -0.480 e. The molecule has 31 nitrogen and oxygen atoms in total. The number of halogens is 6. The van der Waals surface area contributed by atoms with E-state index >= 15 is 0 Å². The van der Waals surface area contributed by atoms with Crippen molar-refractivity contribution in [3.05, 3.63) is 87.0 Å². The molecule has 12 N–H and O–H groups in total. The third kappa shape index (κ3) is 34.0. The Kier molecular flexibility index (Phi) is 34.9. The Bertz CT molecular complexity index is 3630. The minimum absolute atomic E-state index is 0.0444. The number of ether oxygens (including phenoxy) is 2. The molecular weight excluding hydrogens is 1420 g/mol. The monoisotopic (exact) mass is 1510 g/mol. The summed E-state index contributed by atoms with van der Waals surface area (Å²) in [6.45, 7) is 21.2. The molecule has 1 saturated heterocycles. The summed E-state index contributed by atoms with van der Waals surface area (Å²) in [7, 11) is -8.77. The highest BCUT2D eigenvalue weighted by Gasteiger charge is 2.39. The number of nitrogens with zero attached hydrogens (tertiary/aromatic N) is 6. The molecule has 1 aliphatic heterocycles. The van der Waals surface area contributed by atoms with Gasteiger partial charge in [-0.1, -0.05) is 49.9 Å². The van der Waals surface area contributed by atoms with E-state index in [0.29, 0.717) is 74.0 Å². The van der Waals surface area contributed by atoms with Gasteiger partial charge in [-0.25, -0.2) is 23.0 Å². The zero-order chi connectivity index (χ0) is 78.0. The van der Waals surface area contributed by atoms with Crippen molar-refractivity contribution in [3.8, 4) is 0 Å². The number of carboxylic acid groups (broad SMARTS) is 3. The number of anilines is 1. The van der Waals surface area contributed by atoms with Crippen LogP contribution in [0.4, 0.5) is 32.3 Å². The van der Waals surface area contributed by atoms with Crippen molar-refractivity contribution in [2.24, 2.45) is 0 Å². The molecule has 0 radical (unpaired) electrons. The van der Waals surface area contributed by atoms with Crippen LogP contribution < -0.4 is 31.4 Å². The van der Waals surface area contributed by atoms with Gasteiger partial charge in [-0.15, -0.1) is 0 Å². The quantitative estimate of drug-likeness (QED) is 0.0184. The fourth-order valence-corrected chi connectivity index (χ4v) is 12.7. The van der Waals surface area contributed by atoms with E-state index < -0.39 is 121 Å². The highest BCUT2D eigenvalue weighted by Crippen LogP contribution is 2.33. The highest BCUT2D eigenvalue weighted by molar-refractivity contribution is 8.19. The molecule has 0 saturated carbocycles. The molecule has 0 bridgehead atoms. The number of nitrogens with one attached hydrogen (secondary N) is 6. The lowest BCUT2D eigenvalue weighted by atomic mass is 10.1. The molecule has 39 heteroatoms. The van der Waals surface area contributed by atoms with Gasteiger partial charge < -0.3 is 74.2 Å². The maximum absolute atomic E-state index is 14.1. The smallest absolute Gasteiger partial charge is 0.480 e. The second-order valence-corrected chi connectivity index (χ2v) is 29.5. The average molecular weight is 1520 g/mol. The molecule has 1 aliphatic rings. The third-order valence-corrected chi connectivity index (χ3v) is 17.4. The van der Waals surface area contributed by atoms with E-state index in [0.717, 1.165) is 37.8 Å². The molecular formula is C64H96F6N12O19S2. The summed E-state index contributed by atoms with van der Waals surface area (Å²) in [5.74, 6) is -10.9. The lowest BCUT2D eigenvalue weighted by Gasteiger charge is -2.34. The number of rotatable bonds is 29. The number of unbranched alkanes of at least 4 members (excludes halogenated alkanes) is 3. The van der Waals surface area contributed by atoms with Crippen LogP contribution in [0.5, 0.6) is 0 Å². The van der Waals surface area contributed by atoms with Crippen LogP contribution in [0.25, 0.3) is 10.9 Å². The summed E-state index contributed by atoms with van der Waals surface area (Å²) in [5.41, 5.74) is 0.142. The zero-order valence-corrected chi connectivity index (χ0v) is 60.7. The number of pyridine rings is 1. The molecule has 580 valence electrons. The SMILES string of the molecule is CCCCCCN1CCN(CC(=O)N[C@@H](CS(O)(O)O)C(=O)NCCCn2cc(C(=O)NC[C@H](NS(=O)(=O)c3c(C)cc(C)cc3C)C(=O)O)c(=O)c3ccc(CNc4ncc[nH]4)cc32)CCN(CC(=O)OC(C)(C)C)CCN(CC(=O)OC(C)(C)C)CC1.O=C(O)C(F)(F)F.O=C(O)C(F)(F)F. The third-order valence-electron chi connectivity index (χ3n) is 14.9. The van der Waals surface area contributed by atoms with Crippen LogP contribution in [0.3, 0.4) is 0 Å². The highest BCUT2D eigenvalue weighted by atomic mass is 32.3. The normalized spacial score (nSPS) is 15.1. The Balaban J connectivity index is 0.00000178. The van der Waals surface area contributed by atoms with E-state index in [2.05, 4.69) is 47.8 Å². The topological polar surface area (TPSA) is 434 Å². The molecule has 4 aromatic rings. The standard InChI is InChI=1S/C60H94N12O15S2.2C2HF3O2/c1-11-12-13-14-21-68-23-25-69(27-28-71(39-52(75)87-60(8,9)10)30-29-70(26-24-68)38-51(74)86-59(5,6)7)37-50(73)66-48(40-88(81,82)83)56(78)61-18-15-22-72-36-46(53(76)45-17-16-44(33-49(45)72)34-65-58-62-19-20-63-58)55(77)64-35-47(57(79)80)67-89(84,85)54-42(3)31-41(2)32-43(54)4;2*3-2(4,5)1(6)7/h16-17,19-20,31-33,36,47-48,67,81-83H,11-15,18,21-30,34-35,37-40H2,1-10H3,(H,61,78)(H,64,77)(H,66,73)(H,79,80)(H2,62,63,65);2*(H,6,7)/t47-,48-;;/m0../s1. The number of hydrogen-bond donors (Lipinski definition) is 12. The molecule has 0 unspecified atom stereocenters. The first-order valence-corrected chi connectivity index (χ1v) is 35.7. The van der Waals surface area contributed by atoms with Crippen LogP contribution in [0, 0.1) is 20.8 Å². The van der Waals surface area contributed by atoms with Crippen LogP contribution in [0.1, 0.15) is 113 Å². The Hall–Kier alpha value is -8.02. The number of amides is 3. The van der Waals surface area contributed by atoms with Crippen molar-refractivity contribution in [2.45, 2.75) is 155 Å². The summed E-state index contributed by atoms with van der Waals surface area (Å²) in [4.78, 5) is 128. The first-order valence-electron chi connectivity index (χ1n) is 32.6. The summed E-state index contributed by atoms with van der Waals surface area (Å²) in [5, 5.41) is 35.3. The number of aromatic nitrogens is 3. The molecule has 2 aromatic carbocycles. The van der Waals surface area contributed by atoms with Gasteiger partial charge in [0.1, 0.15) is 28.8 Å². The van der Waals surface area contributed by atoms with Crippen molar-refractivity contribution in [1.29, 1.82) is 0 Å². The Morgan fingerprint density at radius 3 is 1.63 bits per heavy atom. The number of H-pyrrole nitrogens is 1. The van der Waals surface area contributed by atoms with E-state index in [1.54, 1.807) is 82.8 Å². The van der Waals surface area contributed by atoms with Crippen molar-refractivity contribution >= 4 is 85.3 Å². The van der Waals surface area contributed by atoms with Gasteiger partial charge in [-0.05, 0) is 111 Å². The minimum atomic E-state index is -5.08. The van der Waals surface area contributed by atoms with Crippen LogP contribution in [-0.4, -0.2) is 252 Å². The number of carbonyl (C=O) groups excluding carboxylic acids is 5. The summed E-state index contributed by atoms with van der Waals surface area (Å²) >= 11 is 0. The van der Waals surface area contributed by atoms with Crippen LogP contribution >= 0.6 is 10.9 Å². The average Bonchev–Trinajstić information content (AvgIpc) is 1.31. The number of hydrogen-bond acceptors (Lipinski definition) is 22. The van der Waals surface area contributed by atoms with Crippen molar-refractivity contribution < 1.29 is 112 Å². The molecule has 3 heterocycles. The van der Waals surface area contributed by atoms with Gasteiger partial charge in [0.05, 0.1) is 46.7 Å². The first-order chi connectivity index (χ1) is 47.6. The molecule has 103 heavy (non-hydrogen) atoms. The number of fused-ring (bicyclic) bond motifs is 1. The summed E-state index contributed by atoms with van der Waals surface area (Å²) in [6, 6.07) is 4.75. The predicted molar refractivity (Wildman–Crippen MR) is 368 cm³/mol. The summed E-state index contributed by atoms with van der Waals surface area (Å²) < 4.78 is 136. The van der Waals surface area contributed by atoms with Crippen molar-refractivity contribution in [3.63, 3.8) is 0 Å². The van der Waals surface area contributed by atoms with Crippen LogP contribution in [0.2, 0.25) is 0 Å². The molecule has 0 aliphatic carbocycles. The molecule has 2 atom stereocenters. The van der Waals surface area contributed by atoms with Gasteiger partial charge in [0, 0.05) is 103 Å². The number of aryl methyl sites for hydroxylation is 4. The van der Waals surface area contributed by atoms with E-state index in [1.165, 1.54) is 12.3 Å². The van der Waals surface area contributed by atoms with E-state index in [1.807, 2.05) is 35.5 Å². The Morgan fingerprint density at radius 2 is 1.17 bits per heavy atom. The number of sulfonamides is 1. The number of carbonyl (C=O) groups is 8. The Labute approximate surface area is 594 Å². The number of imidazole rings is 1. The van der Waals surface area contributed by atoms with E-state index in [-0.39, 0.29) is 68.5 Å². The van der Waals surface area contributed by atoms with Gasteiger partial charge in [0.2, 0.25) is 27.3 Å². The summed E-state index contributed by atoms with van der Waals surface area (Å²) in [6.07, 6.45) is -1.49. The van der Waals surface area contributed by atoms with Gasteiger partial charge in [0.15, 0.2) is 5.95 Å². The van der Waals surface area contributed by atoms with Crippen LogP contribution in [0.15, 0.2) is 58.6 Å². The largest absolute Gasteiger partial charge is 0.490 e. The van der Waals surface area contributed by atoms with Gasteiger partial charge in [-0.2, -0.15) is 31.1 Å². The number of alkyl halides is 6. The lowest BCUT2D eigenvalue weighted by Crippen LogP contribution is -2.53. The molecule has 2 aromatic heterocycles. The number of aromatic amines is 1. The maximum atomic E-state index is 14.1. The van der Waals surface area contributed by atoms with E-state index in [9.17, 15) is 87.1 Å². The zero-order valence-electron chi connectivity index (χ0n) is 59.1. The second-order valence-electron chi connectivity index (χ2n) is 26.2. The maximum Gasteiger partial charge on any atom is 0.490 e. The van der Waals surface area contributed by atoms with Gasteiger partial charge in [-0.3, -0.25) is 48.3 Å². The fraction of sp³-hybridized carbons (Fsp3) is 0.594. The number of aliphatic carboxylic acids is 3. The second kappa shape index (κ2) is 40.3. The van der Waals surface area contributed by atoms with Crippen molar-refractivity contribution in [2.75, 3.05) is 103 Å². The molecule has 3 amide bonds. The predicted octanol–water partition coefficient (Wildman–Crippen LogP) is 5.39.